The van der Waals surface area contributed by atoms with Gasteiger partial charge in [0, 0.05) is 30.4 Å². The Balaban J connectivity index is 2.13. The van der Waals surface area contributed by atoms with Gasteiger partial charge in [-0.25, -0.2) is 4.39 Å². The summed E-state index contributed by atoms with van der Waals surface area (Å²) in [6.07, 6.45) is 4.26. The fraction of sp³-hybridized carbons (Fsp3) is 0.357. The highest BCUT2D eigenvalue weighted by atomic mass is 19.1. The minimum Gasteiger partial charge on any atom is -0.497 e. The Labute approximate surface area is 112 Å². The molecule has 0 saturated heterocycles. The zero-order chi connectivity index (χ0) is 13.8. The van der Waals surface area contributed by atoms with Crippen LogP contribution in [-0.2, 0) is 13.0 Å². The first-order chi connectivity index (χ1) is 9.13. The molecule has 0 bridgehead atoms. The van der Waals surface area contributed by atoms with E-state index in [1.807, 2.05) is 17.8 Å². The predicted octanol–water partition coefficient (Wildman–Crippen LogP) is 2.29. The van der Waals surface area contributed by atoms with Gasteiger partial charge in [-0.1, -0.05) is 6.07 Å². The van der Waals surface area contributed by atoms with E-state index >= 15 is 0 Å². The van der Waals surface area contributed by atoms with E-state index in [0.29, 0.717) is 17.7 Å². The molecule has 1 unspecified atom stereocenters. The van der Waals surface area contributed by atoms with Crippen molar-refractivity contribution in [3.63, 3.8) is 0 Å². The molecule has 0 saturated carbocycles. The number of rotatable bonds is 5. The quantitative estimate of drug-likeness (QED) is 0.900. The van der Waals surface area contributed by atoms with Crippen molar-refractivity contribution in [2.75, 3.05) is 7.11 Å². The number of ether oxygens (including phenoxy) is 1. The molecule has 0 aliphatic heterocycles. The second kappa shape index (κ2) is 5.84. The Kier molecular flexibility index (Phi) is 4.16. The van der Waals surface area contributed by atoms with Crippen molar-refractivity contribution in [3.8, 4) is 5.75 Å². The summed E-state index contributed by atoms with van der Waals surface area (Å²) in [6.45, 7) is 2.83. The normalized spacial score (nSPS) is 12.4. The molecule has 0 aliphatic rings. The van der Waals surface area contributed by atoms with Crippen molar-refractivity contribution < 1.29 is 9.13 Å². The molecule has 2 aromatic rings. The molecule has 0 fully saturated rings. The molecule has 2 rings (SSSR count). The zero-order valence-corrected chi connectivity index (χ0v) is 11.1. The third kappa shape index (κ3) is 3.12. The summed E-state index contributed by atoms with van der Waals surface area (Å²) >= 11 is 0. The lowest BCUT2D eigenvalue weighted by molar-refractivity contribution is 0.410. The first-order valence-electron chi connectivity index (χ1n) is 6.24. The van der Waals surface area contributed by atoms with Gasteiger partial charge in [0.25, 0.3) is 0 Å². The van der Waals surface area contributed by atoms with Crippen LogP contribution in [0.4, 0.5) is 4.39 Å². The van der Waals surface area contributed by atoms with Crippen molar-refractivity contribution in [1.82, 2.24) is 9.78 Å². The summed E-state index contributed by atoms with van der Waals surface area (Å²) in [6, 6.07) is 4.35. The summed E-state index contributed by atoms with van der Waals surface area (Å²) in [5, 5.41) is 4.18. The number of aryl methyl sites for hydroxylation is 1. The van der Waals surface area contributed by atoms with Crippen molar-refractivity contribution >= 4 is 0 Å². The molecule has 0 radical (unpaired) electrons. The summed E-state index contributed by atoms with van der Waals surface area (Å²) in [5.74, 6) is 0.155. The van der Waals surface area contributed by atoms with Crippen molar-refractivity contribution in [3.05, 3.63) is 47.5 Å². The third-order valence-corrected chi connectivity index (χ3v) is 3.07. The lowest BCUT2D eigenvalue weighted by atomic mass is 10.0. The maximum atomic E-state index is 13.9. The van der Waals surface area contributed by atoms with E-state index in [-0.39, 0.29) is 11.9 Å². The molecule has 1 atom stereocenters. The van der Waals surface area contributed by atoms with Crippen molar-refractivity contribution in [1.29, 1.82) is 0 Å². The van der Waals surface area contributed by atoms with Crippen LogP contribution < -0.4 is 10.5 Å². The van der Waals surface area contributed by atoms with Crippen molar-refractivity contribution in [2.45, 2.75) is 25.9 Å². The molecule has 1 aromatic heterocycles. The molecule has 1 aromatic carbocycles. The minimum atomic E-state index is -0.389. The fourth-order valence-electron chi connectivity index (χ4n) is 1.98. The number of methoxy groups -OCH3 is 1. The molecule has 2 N–H and O–H groups in total. The Hall–Kier alpha value is -1.88. The van der Waals surface area contributed by atoms with E-state index in [1.54, 1.807) is 18.3 Å². The van der Waals surface area contributed by atoms with Gasteiger partial charge in [-0.15, -0.1) is 0 Å². The molecular formula is C14H18FN3O. The van der Waals surface area contributed by atoms with E-state index in [9.17, 15) is 4.39 Å². The third-order valence-electron chi connectivity index (χ3n) is 3.07. The van der Waals surface area contributed by atoms with Crippen LogP contribution >= 0.6 is 0 Å². The number of aromatic nitrogens is 2. The average Bonchev–Trinajstić information content (AvgIpc) is 2.86. The molecule has 4 nitrogen and oxygen atoms in total. The summed E-state index contributed by atoms with van der Waals surface area (Å²) in [5.41, 5.74) is 7.55. The molecule has 5 heteroatoms. The van der Waals surface area contributed by atoms with E-state index in [2.05, 4.69) is 5.10 Å². The highest BCUT2D eigenvalue weighted by Crippen LogP contribution is 2.23. The van der Waals surface area contributed by atoms with Crippen LogP contribution in [0.25, 0.3) is 0 Å². The second-order valence-electron chi connectivity index (χ2n) is 4.40. The predicted molar refractivity (Wildman–Crippen MR) is 71.5 cm³/mol. The van der Waals surface area contributed by atoms with E-state index in [4.69, 9.17) is 10.5 Å². The van der Waals surface area contributed by atoms with Crippen LogP contribution in [0.1, 0.15) is 24.1 Å². The molecule has 0 aliphatic carbocycles. The highest BCUT2D eigenvalue weighted by molar-refractivity contribution is 5.31. The maximum absolute atomic E-state index is 13.9. The van der Waals surface area contributed by atoms with Gasteiger partial charge in [-0.3, -0.25) is 4.68 Å². The standard InChI is InChI=1S/C14H18FN3O/c1-3-18-9-10(8-17-18)6-14(16)12-5-4-11(19-2)7-13(12)15/h4-5,7-9,14H,3,6,16H2,1-2H3. The van der Waals surface area contributed by atoms with Crippen LogP contribution in [0, 0.1) is 5.82 Å². The summed E-state index contributed by atoms with van der Waals surface area (Å²) in [7, 11) is 1.51. The second-order valence-corrected chi connectivity index (χ2v) is 4.40. The molecule has 0 spiro atoms. The molecule has 102 valence electrons. The van der Waals surface area contributed by atoms with Gasteiger partial charge >= 0.3 is 0 Å². The number of halogens is 1. The Morgan fingerprint density at radius 3 is 2.84 bits per heavy atom. The lowest BCUT2D eigenvalue weighted by Crippen LogP contribution is -2.14. The monoisotopic (exact) mass is 263 g/mol. The first-order valence-corrected chi connectivity index (χ1v) is 6.24. The average molecular weight is 263 g/mol. The van der Waals surface area contributed by atoms with Gasteiger partial charge in [0.1, 0.15) is 11.6 Å². The van der Waals surface area contributed by atoms with Crippen LogP contribution in [-0.4, -0.2) is 16.9 Å². The van der Waals surface area contributed by atoms with Gasteiger partial charge in [0.15, 0.2) is 0 Å². The Bertz CT molecular complexity index is 553. The first kappa shape index (κ1) is 13.5. The molecular weight excluding hydrogens is 245 g/mol. The molecule has 0 amide bonds. The van der Waals surface area contributed by atoms with Gasteiger partial charge in [0.2, 0.25) is 0 Å². The van der Waals surface area contributed by atoms with Gasteiger partial charge in [-0.2, -0.15) is 5.10 Å². The maximum Gasteiger partial charge on any atom is 0.131 e. The zero-order valence-electron chi connectivity index (χ0n) is 11.1. The van der Waals surface area contributed by atoms with Crippen LogP contribution in [0.5, 0.6) is 5.75 Å². The van der Waals surface area contributed by atoms with Gasteiger partial charge in [-0.05, 0) is 25.0 Å². The molecule has 19 heavy (non-hydrogen) atoms. The van der Waals surface area contributed by atoms with Gasteiger partial charge in [0.05, 0.1) is 13.3 Å². The molecule has 1 heterocycles. The fourth-order valence-corrected chi connectivity index (χ4v) is 1.98. The van der Waals surface area contributed by atoms with E-state index < -0.39 is 0 Å². The van der Waals surface area contributed by atoms with Gasteiger partial charge < -0.3 is 10.5 Å². The summed E-state index contributed by atoms with van der Waals surface area (Å²) < 4.78 is 20.7. The number of nitrogens with zero attached hydrogens (tertiary/aromatic N) is 2. The van der Waals surface area contributed by atoms with Crippen LogP contribution in [0.2, 0.25) is 0 Å². The minimum absolute atomic E-state index is 0.338. The lowest BCUT2D eigenvalue weighted by Gasteiger charge is -2.12. The largest absolute Gasteiger partial charge is 0.497 e. The van der Waals surface area contributed by atoms with Crippen LogP contribution in [0.15, 0.2) is 30.6 Å². The number of hydrogen-bond donors (Lipinski definition) is 1. The van der Waals surface area contributed by atoms with Crippen LogP contribution in [0.3, 0.4) is 0 Å². The topological polar surface area (TPSA) is 53.1 Å². The number of nitrogens with two attached hydrogens (primary N) is 1. The Morgan fingerprint density at radius 2 is 2.26 bits per heavy atom. The summed E-state index contributed by atoms with van der Waals surface area (Å²) in [4.78, 5) is 0. The SMILES string of the molecule is CCn1cc(CC(N)c2ccc(OC)cc2F)cn1. The van der Waals surface area contributed by atoms with E-state index in [0.717, 1.165) is 12.1 Å². The smallest absolute Gasteiger partial charge is 0.131 e. The number of benzene rings is 1. The van der Waals surface area contributed by atoms with E-state index in [1.165, 1.54) is 13.2 Å². The highest BCUT2D eigenvalue weighted by Gasteiger charge is 2.13. The Morgan fingerprint density at radius 1 is 1.47 bits per heavy atom. The number of hydrogen-bond acceptors (Lipinski definition) is 3. The van der Waals surface area contributed by atoms with Crippen molar-refractivity contribution in [2.24, 2.45) is 5.73 Å².